The molecular formula is C22H23IN6O2. The van der Waals surface area contributed by atoms with Crippen molar-refractivity contribution in [1.29, 1.82) is 0 Å². The summed E-state index contributed by atoms with van der Waals surface area (Å²) in [5.74, 6) is -0.200. The molecule has 1 aromatic carbocycles. The highest BCUT2D eigenvalue weighted by atomic mass is 127. The third kappa shape index (κ3) is 3.80. The Morgan fingerprint density at radius 1 is 1.39 bits per heavy atom. The molecule has 4 aromatic rings. The minimum absolute atomic E-state index is 0.0239. The van der Waals surface area contributed by atoms with Crippen LogP contribution in [0.3, 0.4) is 0 Å². The topological polar surface area (TPSA) is 109 Å². The minimum atomic E-state index is -0.349. The van der Waals surface area contributed by atoms with Crippen LogP contribution in [0, 0.1) is 0 Å². The van der Waals surface area contributed by atoms with Gasteiger partial charge in [-0.25, -0.2) is 9.97 Å². The molecule has 2 atom stereocenters. The fraction of sp³-hybridized carbons (Fsp3) is 0.364. The molecule has 0 unspecified atom stereocenters. The van der Waals surface area contributed by atoms with Crippen molar-refractivity contribution in [3.63, 3.8) is 0 Å². The Balaban J connectivity index is 1.51. The van der Waals surface area contributed by atoms with E-state index in [1.54, 1.807) is 12.4 Å². The Labute approximate surface area is 192 Å². The first-order valence-electron chi connectivity index (χ1n) is 10.4. The number of aryl methyl sites for hydroxylation is 1. The molecule has 1 amide bonds. The fourth-order valence-electron chi connectivity index (χ4n) is 4.31. The quantitative estimate of drug-likeness (QED) is 0.277. The Morgan fingerprint density at radius 2 is 2.26 bits per heavy atom. The van der Waals surface area contributed by atoms with Crippen LogP contribution in [0.4, 0.5) is 0 Å². The lowest BCUT2D eigenvalue weighted by atomic mass is 9.93. The number of nitrogens with zero attached hydrogens (tertiary/aromatic N) is 4. The third-order valence-electron chi connectivity index (χ3n) is 5.92. The largest absolute Gasteiger partial charge is 0.393 e. The van der Waals surface area contributed by atoms with E-state index in [0.717, 1.165) is 40.3 Å². The number of hydrogen-bond acceptors (Lipinski definition) is 5. The highest BCUT2D eigenvalue weighted by Crippen LogP contribution is 2.29. The van der Waals surface area contributed by atoms with Crippen LogP contribution in [0.25, 0.3) is 33.5 Å². The number of alkyl halides is 1. The second-order valence-electron chi connectivity index (χ2n) is 8.10. The molecule has 0 bridgehead atoms. The van der Waals surface area contributed by atoms with Crippen molar-refractivity contribution in [3.05, 3.63) is 41.7 Å². The van der Waals surface area contributed by atoms with Crippen molar-refractivity contribution in [1.82, 2.24) is 30.0 Å². The molecule has 31 heavy (non-hydrogen) atoms. The van der Waals surface area contributed by atoms with E-state index in [-0.39, 0.29) is 18.1 Å². The monoisotopic (exact) mass is 530 g/mol. The second kappa shape index (κ2) is 8.19. The van der Waals surface area contributed by atoms with Crippen molar-refractivity contribution in [2.24, 2.45) is 7.05 Å². The highest BCUT2D eigenvalue weighted by molar-refractivity contribution is 14.1. The van der Waals surface area contributed by atoms with E-state index >= 15 is 0 Å². The van der Waals surface area contributed by atoms with Crippen LogP contribution in [0.15, 0.2) is 30.6 Å². The predicted molar refractivity (Wildman–Crippen MR) is 127 cm³/mol. The number of nitrogens with one attached hydrogen (secondary N) is 2. The van der Waals surface area contributed by atoms with Gasteiger partial charge in [0.05, 0.1) is 23.4 Å². The zero-order chi connectivity index (χ0) is 21.5. The summed E-state index contributed by atoms with van der Waals surface area (Å²) in [5, 5.41) is 18.6. The van der Waals surface area contributed by atoms with Gasteiger partial charge in [-0.05, 0) is 37.3 Å². The Kier molecular flexibility index (Phi) is 5.39. The number of carbonyl (C=O) groups excluding carboxylic acids is 1. The molecule has 9 heteroatoms. The maximum atomic E-state index is 12.9. The Hall–Kier alpha value is -2.53. The standard InChI is InChI=1S/C22H23IN6O2/c1-29-18-7-12(9-23)5-6-15(18)19(28-29)17-11-25-21-20(27-17)16(10-24-21)22(31)26-13-3-2-4-14(30)8-13/h5-7,10-11,13-14,30H,2-4,8-9H2,1H3,(H,24,25)(H,26,31)/t13-,14+/m1/s1. The minimum Gasteiger partial charge on any atom is -0.393 e. The van der Waals surface area contributed by atoms with E-state index in [0.29, 0.717) is 28.8 Å². The molecule has 1 aliphatic rings. The van der Waals surface area contributed by atoms with Crippen LogP contribution in [-0.4, -0.2) is 47.9 Å². The van der Waals surface area contributed by atoms with Crippen LogP contribution in [-0.2, 0) is 11.5 Å². The van der Waals surface area contributed by atoms with Gasteiger partial charge in [0.1, 0.15) is 16.9 Å². The molecule has 8 nitrogen and oxygen atoms in total. The number of hydrogen-bond donors (Lipinski definition) is 3. The maximum absolute atomic E-state index is 12.9. The Morgan fingerprint density at radius 3 is 3.06 bits per heavy atom. The molecule has 1 fully saturated rings. The molecule has 3 N–H and O–H groups in total. The number of benzene rings is 1. The summed E-state index contributed by atoms with van der Waals surface area (Å²) in [6.45, 7) is 0. The van der Waals surface area contributed by atoms with Gasteiger partial charge in [0.15, 0.2) is 5.65 Å². The lowest BCUT2D eigenvalue weighted by Crippen LogP contribution is -2.39. The van der Waals surface area contributed by atoms with E-state index < -0.39 is 0 Å². The molecule has 1 saturated carbocycles. The first kappa shape index (κ1) is 20.4. The van der Waals surface area contributed by atoms with Gasteiger partial charge in [-0.2, -0.15) is 5.10 Å². The van der Waals surface area contributed by atoms with E-state index in [4.69, 9.17) is 4.98 Å². The van der Waals surface area contributed by atoms with Crippen LogP contribution in [0.5, 0.6) is 0 Å². The van der Waals surface area contributed by atoms with Crippen molar-refractivity contribution in [2.45, 2.75) is 42.3 Å². The van der Waals surface area contributed by atoms with Crippen LogP contribution in [0.2, 0.25) is 0 Å². The van der Waals surface area contributed by atoms with Crippen LogP contribution < -0.4 is 5.32 Å². The van der Waals surface area contributed by atoms with Gasteiger partial charge in [0.25, 0.3) is 5.91 Å². The number of aliphatic hydroxyl groups is 1. The summed E-state index contributed by atoms with van der Waals surface area (Å²) in [6.07, 6.45) is 6.16. The third-order valence-corrected chi connectivity index (χ3v) is 6.80. The van der Waals surface area contributed by atoms with Crippen molar-refractivity contribution in [2.75, 3.05) is 0 Å². The average Bonchev–Trinajstić information content (AvgIpc) is 3.34. The van der Waals surface area contributed by atoms with Crippen molar-refractivity contribution in [3.8, 4) is 11.4 Å². The summed E-state index contributed by atoms with van der Waals surface area (Å²) in [4.78, 5) is 25.2. The summed E-state index contributed by atoms with van der Waals surface area (Å²) >= 11 is 2.35. The van der Waals surface area contributed by atoms with Crippen molar-refractivity contribution >= 4 is 50.6 Å². The molecule has 0 saturated heterocycles. The van der Waals surface area contributed by atoms with Gasteiger partial charge < -0.3 is 15.4 Å². The number of fused-ring (bicyclic) bond motifs is 2. The number of halogens is 1. The fourth-order valence-corrected chi connectivity index (χ4v) is 4.79. The van der Waals surface area contributed by atoms with Gasteiger partial charge in [-0.3, -0.25) is 9.48 Å². The highest BCUT2D eigenvalue weighted by Gasteiger charge is 2.24. The number of carbonyl (C=O) groups is 1. The molecule has 3 aromatic heterocycles. The first-order valence-corrected chi connectivity index (χ1v) is 11.9. The van der Waals surface area contributed by atoms with Gasteiger partial charge in [-0.15, -0.1) is 0 Å². The number of aliphatic hydroxyl groups excluding tert-OH is 1. The van der Waals surface area contributed by atoms with Gasteiger partial charge in [0.2, 0.25) is 0 Å². The van der Waals surface area contributed by atoms with E-state index in [2.05, 4.69) is 61.2 Å². The molecule has 160 valence electrons. The van der Waals surface area contributed by atoms with Gasteiger partial charge >= 0.3 is 0 Å². The normalized spacial score (nSPS) is 19.2. The van der Waals surface area contributed by atoms with E-state index in [9.17, 15) is 9.90 Å². The van der Waals surface area contributed by atoms with E-state index in [1.165, 1.54) is 5.56 Å². The molecular weight excluding hydrogens is 507 g/mol. The van der Waals surface area contributed by atoms with Gasteiger partial charge in [0, 0.05) is 29.1 Å². The summed E-state index contributed by atoms with van der Waals surface area (Å²) in [7, 11) is 1.92. The summed E-state index contributed by atoms with van der Waals surface area (Å²) in [6, 6.07) is 6.28. The molecule has 3 heterocycles. The lowest BCUT2D eigenvalue weighted by molar-refractivity contribution is 0.0851. The number of aromatic amines is 1. The van der Waals surface area contributed by atoms with E-state index in [1.807, 2.05) is 11.7 Å². The molecule has 0 radical (unpaired) electrons. The SMILES string of the molecule is Cn1nc(-c2cnc3[nH]cc(C(=O)N[C@@H]4CCC[C@H](O)C4)c3n2)c2ccc(CI)cc21. The Bertz CT molecular complexity index is 1280. The van der Waals surface area contributed by atoms with Gasteiger partial charge in [-0.1, -0.05) is 34.7 Å². The summed E-state index contributed by atoms with van der Waals surface area (Å²) < 4.78 is 2.78. The van der Waals surface area contributed by atoms with Crippen LogP contribution in [0.1, 0.15) is 41.6 Å². The number of aromatic nitrogens is 5. The lowest BCUT2D eigenvalue weighted by Gasteiger charge is -2.26. The number of rotatable bonds is 4. The molecule has 0 spiro atoms. The number of amides is 1. The maximum Gasteiger partial charge on any atom is 0.255 e. The van der Waals surface area contributed by atoms with Crippen molar-refractivity contribution < 1.29 is 9.90 Å². The zero-order valence-corrected chi connectivity index (χ0v) is 19.3. The molecule has 5 rings (SSSR count). The molecule has 0 aliphatic heterocycles. The predicted octanol–water partition coefficient (Wildman–Crippen LogP) is 3.48. The summed E-state index contributed by atoms with van der Waals surface area (Å²) in [5.41, 5.74) is 5.18. The first-order chi connectivity index (χ1) is 15.0. The second-order valence-corrected chi connectivity index (χ2v) is 8.87. The zero-order valence-electron chi connectivity index (χ0n) is 17.1. The van der Waals surface area contributed by atoms with Crippen LogP contribution >= 0.6 is 22.6 Å². The smallest absolute Gasteiger partial charge is 0.255 e. The average molecular weight is 530 g/mol. The molecule has 1 aliphatic carbocycles. The number of H-pyrrole nitrogens is 1.